The number of aryl methyl sites for hydroxylation is 1. The van der Waals surface area contributed by atoms with Crippen LogP contribution >= 0.6 is 11.8 Å². The largest absolute Gasteiger partial charge is 0.514 e. The van der Waals surface area contributed by atoms with Gasteiger partial charge in [0.1, 0.15) is 0 Å². The number of H-pyrrole nitrogens is 1. The third-order valence-electron chi connectivity index (χ3n) is 7.72. The first-order valence-electron chi connectivity index (χ1n) is 16.0. The Morgan fingerprint density at radius 1 is 0.913 bits per heavy atom. The molecule has 11 heteroatoms. The number of nitrogens with one attached hydrogen (secondary N) is 4. The van der Waals surface area contributed by atoms with Gasteiger partial charge in [-0.2, -0.15) is 0 Å². The van der Waals surface area contributed by atoms with Crippen LogP contribution in [0.5, 0.6) is 5.75 Å². The van der Waals surface area contributed by atoms with E-state index in [1.807, 2.05) is 12.1 Å². The van der Waals surface area contributed by atoms with E-state index in [0.717, 1.165) is 30.4 Å². The van der Waals surface area contributed by atoms with Crippen molar-refractivity contribution >= 4 is 52.6 Å². The van der Waals surface area contributed by atoms with Crippen molar-refractivity contribution in [3.63, 3.8) is 0 Å². The van der Waals surface area contributed by atoms with Gasteiger partial charge in [-0.25, -0.2) is 4.98 Å². The molecule has 0 aliphatic rings. The standard InChI is InChI=1S/C35H43N5O5S/c1-2-3-4-5-6-7-8-9-10-11-13-25-14-12-15-32(45-35(43)44)29(25)23-46-34-38-30-21-16-26(22-31(30)39-34)33(42)37-27-17-19-28(20-18-27)40-36-24-41/h12,14-22,24,40H,2-11,13,23H2,1H3,(H,36,41)(H,37,42)(H,38,39)(H,43,44)/p-1. The van der Waals surface area contributed by atoms with E-state index < -0.39 is 6.16 Å². The lowest BCUT2D eigenvalue weighted by Gasteiger charge is -2.17. The quantitative estimate of drug-likeness (QED) is 0.0195. The molecule has 0 fully saturated rings. The fourth-order valence-electron chi connectivity index (χ4n) is 5.29. The second kappa shape index (κ2) is 18.5. The van der Waals surface area contributed by atoms with E-state index in [2.05, 4.69) is 33.1 Å². The molecule has 2 amide bonds. The Balaban J connectivity index is 1.34. The minimum Gasteiger partial charge on any atom is -0.514 e. The minimum absolute atomic E-state index is 0.276. The first-order valence-corrected chi connectivity index (χ1v) is 16.9. The zero-order valence-corrected chi connectivity index (χ0v) is 27.0. The minimum atomic E-state index is -1.58. The van der Waals surface area contributed by atoms with Crippen molar-refractivity contribution in [2.45, 2.75) is 88.5 Å². The number of carbonyl (C=O) groups is 3. The maximum absolute atomic E-state index is 12.9. The Labute approximate surface area is 274 Å². The van der Waals surface area contributed by atoms with Gasteiger partial charge in [-0.1, -0.05) is 88.6 Å². The predicted octanol–water partition coefficient (Wildman–Crippen LogP) is 7.37. The highest BCUT2D eigenvalue weighted by Gasteiger charge is 2.13. The molecule has 0 saturated heterocycles. The number of thioether (sulfide) groups is 1. The van der Waals surface area contributed by atoms with Gasteiger partial charge in [0.25, 0.3) is 12.1 Å². The molecule has 0 spiro atoms. The van der Waals surface area contributed by atoms with Gasteiger partial charge < -0.3 is 24.9 Å². The molecule has 244 valence electrons. The second-order valence-corrected chi connectivity index (χ2v) is 12.1. The number of aromatic amines is 1. The maximum Gasteiger partial charge on any atom is 0.257 e. The van der Waals surface area contributed by atoms with Crippen molar-refractivity contribution < 1.29 is 24.2 Å². The first kappa shape index (κ1) is 34.4. The predicted molar refractivity (Wildman–Crippen MR) is 181 cm³/mol. The molecule has 0 aliphatic carbocycles. The number of hydrogen-bond acceptors (Lipinski definition) is 8. The number of hydrazine groups is 1. The van der Waals surface area contributed by atoms with Crippen LogP contribution < -0.4 is 26.0 Å². The van der Waals surface area contributed by atoms with E-state index in [1.54, 1.807) is 48.5 Å². The third-order valence-corrected chi connectivity index (χ3v) is 8.62. The van der Waals surface area contributed by atoms with Crippen molar-refractivity contribution in [1.29, 1.82) is 0 Å². The zero-order valence-electron chi connectivity index (χ0n) is 26.2. The Bertz CT molecular complexity index is 1570. The van der Waals surface area contributed by atoms with Gasteiger partial charge >= 0.3 is 0 Å². The van der Waals surface area contributed by atoms with E-state index >= 15 is 0 Å². The van der Waals surface area contributed by atoms with Gasteiger partial charge in [0.2, 0.25) is 6.41 Å². The third kappa shape index (κ3) is 10.8. The first-order chi connectivity index (χ1) is 22.5. The Hall–Kier alpha value is -4.51. The van der Waals surface area contributed by atoms with Crippen molar-refractivity contribution in [3.05, 3.63) is 77.4 Å². The number of ether oxygens (including phenoxy) is 1. The van der Waals surface area contributed by atoms with Crippen LogP contribution in [0, 0.1) is 0 Å². The number of fused-ring (bicyclic) bond motifs is 1. The van der Waals surface area contributed by atoms with Gasteiger partial charge in [0.05, 0.1) is 22.5 Å². The Morgan fingerprint density at radius 3 is 2.30 bits per heavy atom. The lowest BCUT2D eigenvalue weighted by Crippen LogP contribution is -2.27. The molecule has 1 heterocycles. The smallest absolute Gasteiger partial charge is 0.257 e. The lowest BCUT2D eigenvalue weighted by atomic mass is 10.00. The average molecular weight is 645 g/mol. The molecule has 46 heavy (non-hydrogen) atoms. The Morgan fingerprint density at radius 2 is 1.61 bits per heavy atom. The van der Waals surface area contributed by atoms with Crippen molar-refractivity contribution in [1.82, 2.24) is 15.4 Å². The molecule has 4 N–H and O–H groups in total. The van der Waals surface area contributed by atoms with Gasteiger partial charge in [0, 0.05) is 17.0 Å². The zero-order chi connectivity index (χ0) is 32.6. The molecular formula is C35H42N5O5S-. The second-order valence-electron chi connectivity index (χ2n) is 11.2. The molecule has 0 bridgehead atoms. The summed E-state index contributed by atoms with van der Waals surface area (Å²) in [6.07, 6.45) is 12.3. The summed E-state index contributed by atoms with van der Waals surface area (Å²) in [7, 11) is 0. The number of hydrogen-bond donors (Lipinski definition) is 4. The summed E-state index contributed by atoms with van der Waals surface area (Å²) in [5, 5.41) is 14.8. The molecule has 1 aromatic heterocycles. The van der Waals surface area contributed by atoms with Crippen LogP contribution in [-0.2, 0) is 17.0 Å². The molecule has 0 unspecified atom stereocenters. The molecule has 4 aromatic rings. The molecule has 0 atom stereocenters. The molecule has 0 radical (unpaired) electrons. The highest BCUT2D eigenvalue weighted by Crippen LogP contribution is 2.32. The van der Waals surface area contributed by atoms with Crippen LogP contribution in [-0.4, -0.2) is 28.4 Å². The lowest BCUT2D eigenvalue weighted by molar-refractivity contribution is -0.271. The number of benzene rings is 3. The van der Waals surface area contributed by atoms with Crippen LogP contribution in [0.15, 0.2) is 65.8 Å². The number of unbranched alkanes of at least 4 members (excludes halogenated alkanes) is 9. The fourth-order valence-corrected chi connectivity index (χ4v) is 6.24. The summed E-state index contributed by atoms with van der Waals surface area (Å²) in [6, 6.07) is 17.7. The monoisotopic (exact) mass is 644 g/mol. The molecule has 0 saturated carbocycles. The normalized spacial score (nSPS) is 10.9. The van der Waals surface area contributed by atoms with E-state index in [1.165, 1.54) is 63.1 Å². The highest BCUT2D eigenvalue weighted by molar-refractivity contribution is 7.98. The summed E-state index contributed by atoms with van der Waals surface area (Å²) in [4.78, 5) is 42.6. The van der Waals surface area contributed by atoms with Crippen LogP contribution in [0.4, 0.5) is 16.2 Å². The fraction of sp³-hybridized carbons (Fsp3) is 0.371. The van der Waals surface area contributed by atoms with Crippen LogP contribution in [0.2, 0.25) is 0 Å². The van der Waals surface area contributed by atoms with Gasteiger partial charge in [-0.15, -0.1) is 0 Å². The van der Waals surface area contributed by atoms with E-state index in [4.69, 9.17) is 4.74 Å². The Kier molecular flexibility index (Phi) is 13.8. The molecule has 3 aromatic carbocycles. The summed E-state index contributed by atoms with van der Waals surface area (Å²) in [5.74, 6) is 0.468. The van der Waals surface area contributed by atoms with E-state index in [-0.39, 0.29) is 11.7 Å². The van der Waals surface area contributed by atoms with E-state index in [0.29, 0.717) is 45.3 Å². The number of rotatable bonds is 20. The maximum atomic E-state index is 12.9. The van der Waals surface area contributed by atoms with Crippen molar-refractivity contribution in [2.24, 2.45) is 0 Å². The number of nitrogens with zero attached hydrogens (tertiary/aromatic N) is 1. The molecule has 4 rings (SSSR count). The van der Waals surface area contributed by atoms with Gasteiger partial charge in [0.15, 0.2) is 5.16 Å². The summed E-state index contributed by atoms with van der Waals surface area (Å²) >= 11 is 1.44. The van der Waals surface area contributed by atoms with E-state index in [9.17, 15) is 19.5 Å². The van der Waals surface area contributed by atoms with Gasteiger partial charge in [-0.05, 0) is 72.5 Å². The van der Waals surface area contributed by atoms with Crippen LogP contribution in [0.3, 0.4) is 0 Å². The molecule has 10 nitrogen and oxygen atoms in total. The molecular weight excluding hydrogens is 602 g/mol. The number of anilines is 2. The number of aromatic nitrogens is 2. The van der Waals surface area contributed by atoms with Crippen molar-refractivity contribution in [2.75, 3.05) is 10.7 Å². The SMILES string of the molecule is CCCCCCCCCCCCc1cccc(OC(=O)[O-])c1CSc1nc2ccc(C(=O)Nc3ccc(NNC=O)cc3)cc2[nH]1. The van der Waals surface area contributed by atoms with Crippen LogP contribution in [0.1, 0.15) is 92.6 Å². The summed E-state index contributed by atoms with van der Waals surface area (Å²) < 4.78 is 5.04. The molecule has 0 aliphatic heterocycles. The van der Waals surface area contributed by atoms with Crippen molar-refractivity contribution in [3.8, 4) is 5.75 Å². The average Bonchev–Trinajstić information content (AvgIpc) is 3.47. The van der Waals surface area contributed by atoms with Gasteiger partial charge in [-0.3, -0.25) is 20.4 Å². The summed E-state index contributed by atoms with van der Waals surface area (Å²) in [5.41, 5.74) is 10.1. The number of carbonyl (C=O) groups excluding carboxylic acids is 3. The summed E-state index contributed by atoms with van der Waals surface area (Å²) in [6.45, 7) is 2.24. The van der Waals surface area contributed by atoms with Crippen LogP contribution in [0.25, 0.3) is 11.0 Å². The number of amides is 2. The topological polar surface area (TPSA) is 148 Å². The highest BCUT2D eigenvalue weighted by atomic mass is 32.2. The number of carboxylic acid groups (broad SMARTS) is 1. The number of imidazole rings is 1.